The lowest BCUT2D eigenvalue weighted by Crippen LogP contribution is -2.62. The van der Waals surface area contributed by atoms with Crippen LogP contribution in [-0.2, 0) is 38.5 Å². The van der Waals surface area contributed by atoms with E-state index in [9.17, 15) is 24.0 Å². The van der Waals surface area contributed by atoms with Gasteiger partial charge in [0.25, 0.3) is 11.8 Å². The number of carbonyl (C=O) groups excluding carboxylic acids is 5. The van der Waals surface area contributed by atoms with Crippen LogP contribution in [0.25, 0.3) is 0 Å². The molecule has 6 atom stereocenters. The summed E-state index contributed by atoms with van der Waals surface area (Å²) in [4.78, 5) is 83.8. The van der Waals surface area contributed by atoms with E-state index in [0.717, 1.165) is 127 Å². The molecule has 4 aromatic carbocycles. The Bertz CT molecular complexity index is 3150. The standard InChI is InChI=1S/C65H83N9O8S2/c1-41-35-55(80-7)52(62(78)73-31-33-81-34-32-73)38-56(41)83-57-39-67-64(84-57)70-60(76)44-19-22-48(23-20-44)72-29-27-71(28-30-72)47-15-9-10-16-49(26-24-47)82-50-25-21-45-37-54(61(77)68-53-18-12-14-43-13-8-11-17-51(43)53)74(40-46(45)36-50)63(79)58(65(3,4)5)69-59(75)42(2)66-6/h8,11,13,17,19-23,25,35-36,38-39,42,47,49,53-54,58,66H,9-10,12,14-16,18,24,26-34,37,40H2,1-7H3,(H,68,77)(H,69,75)(H,67,70,76)/t42-,47?,49?,53+,54-,58+/m0/s1. The predicted molar refractivity (Wildman–Crippen MR) is 329 cm³/mol. The highest BCUT2D eigenvalue weighted by Crippen LogP contribution is 2.40. The van der Waals surface area contributed by atoms with E-state index in [0.29, 0.717) is 60.8 Å². The monoisotopic (exact) mass is 1180 g/mol. The van der Waals surface area contributed by atoms with Gasteiger partial charge in [0.05, 0.1) is 54.5 Å². The van der Waals surface area contributed by atoms with Crippen LogP contribution in [0.2, 0.25) is 0 Å². The minimum absolute atomic E-state index is 0.0448. The zero-order valence-corrected chi connectivity index (χ0v) is 51.4. The number of benzene rings is 4. The molecule has 5 aromatic rings. The molecule has 0 spiro atoms. The number of ether oxygens (including phenoxy) is 3. The number of hydrogen-bond acceptors (Lipinski definition) is 14. The van der Waals surface area contributed by atoms with Crippen LogP contribution in [0.1, 0.15) is 134 Å². The lowest BCUT2D eigenvalue weighted by Gasteiger charge is -2.42. The highest BCUT2D eigenvalue weighted by molar-refractivity contribution is 8.01. The number of amides is 5. The summed E-state index contributed by atoms with van der Waals surface area (Å²) in [6.45, 7) is 15.6. The Kier molecular flexibility index (Phi) is 19.7. The first-order chi connectivity index (χ1) is 40.5. The van der Waals surface area contributed by atoms with Crippen molar-refractivity contribution in [2.45, 2.75) is 151 Å². The molecule has 4 heterocycles. The van der Waals surface area contributed by atoms with Crippen LogP contribution < -0.4 is 35.6 Å². The van der Waals surface area contributed by atoms with Crippen molar-refractivity contribution in [1.82, 2.24) is 35.6 Å². The van der Waals surface area contributed by atoms with E-state index >= 15 is 0 Å². The van der Waals surface area contributed by atoms with Gasteiger partial charge in [-0.25, -0.2) is 4.98 Å². The molecule has 17 nitrogen and oxygen atoms in total. The van der Waals surface area contributed by atoms with Gasteiger partial charge >= 0.3 is 0 Å². The third-order valence-electron chi connectivity index (χ3n) is 17.5. The maximum atomic E-state index is 15.0. The Morgan fingerprint density at radius 2 is 1.60 bits per heavy atom. The number of nitrogens with one attached hydrogen (secondary N) is 4. The van der Waals surface area contributed by atoms with Gasteiger partial charge in [-0.15, -0.1) is 0 Å². The topological polar surface area (TPSA) is 187 Å². The summed E-state index contributed by atoms with van der Waals surface area (Å²) < 4.78 is 18.8. The quantitative estimate of drug-likeness (QED) is 0.0733. The van der Waals surface area contributed by atoms with E-state index in [1.54, 1.807) is 37.1 Å². The van der Waals surface area contributed by atoms with Crippen LogP contribution >= 0.6 is 23.1 Å². The molecule has 2 aliphatic carbocycles. The largest absolute Gasteiger partial charge is 0.496 e. The number of anilines is 2. The normalized spacial score (nSPS) is 21.2. The van der Waals surface area contributed by atoms with Crippen LogP contribution in [0, 0.1) is 12.3 Å². The summed E-state index contributed by atoms with van der Waals surface area (Å²) in [7, 11) is 3.30. The van der Waals surface area contributed by atoms with E-state index in [1.165, 1.54) is 28.7 Å². The fourth-order valence-electron chi connectivity index (χ4n) is 12.4. The number of carbonyl (C=O) groups is 5. The van der Waals surface area contributed by atoms with E-state index in [4.69, 9.17) is 14.2 Å². The second-order valence-corrected chi connectivity index (χ2v) is 26.5. The van der Waals surface area contributed by atoms with Crippen LogP contribution in [0.3, 0.4) is 0 Å². The number of likely N-dealkylation sites (N-methyl/N-ethyl adjacent to an activating group) is 1. The second-order valence-electron chi connectivity index (χ2n) is 24.2. The summed E-state index contributed by atoms with van der Waals surface area (Å²) in [5.41, 5.74) is 6.85. The molecule has 19 heteroatoms. The summed E-state index contributed by atoms with van der Waals surface area (Å²) in [6.07, 6.45) is 11.2. The molecule has 1 aromatic heterocycles. The van der Waals surface area contributed by atoms with Crippen molar-refractivity contribution in [3.05, 3.63) is 124 Å². The molecule has 84 heavy (non-hydrogen) atoms. The number of fused-ring (bicyclic) bond motifs is 2. The molecule has 5 aliphatic rings. The number of aryl methyl sites for hydroxylation is 2. The number of methoxy groups -OCH3 is 1. The third kappa shape index (κ3) is 14.4. The molecule has 448 valence electrons. The maximum Gasteiger partial charge on any atom is 0.257 e. The molecule has 0 radical (unpaired) electrons. The van der Waals surface area contributed by atoms with Crippen LogP contribution in [0.4, 0.5) is 10.8 Å². The molecule has 3 aliphatic heterocycles. The predicted octanol–water partition coefficient (Wildman–Crippen LogP) is 9.21. The van der Waals surface area contributed by atoms with Gasteiger partial charge in [0.15, 0.2) is 5.13 Å². The van der Waals surface area contributed by atoms with Crippen LogP contribution in [0.15, 0.2) is 94.2 Å². The zero-order chi connectivity index (χ0) is 59.1. The summed E-state index contributed by atoms with van der Waals surface area (Å²) in [5.74, 6) is 0.271. The summed E-state index contributed by atoms with van der Waals surface area (Å²) in [6, 6.07) is 24.3. The number of thiazole rings is 1. The van der Waals surface area contributed by atoms with Gasteiger partial charge in [0, 0.05) is 74.4 Å². The fraction of sp³-hybridized carbons (Fsp3) is 0.508. The van der Waals surface area contributed by atoms with Gasteiger partial charge < -0.3 is 44.9 Å². The summed E-state index contributed by atoms with van der Waals surface area (Å²) in [5, 5.41) is 12.9. The highest BCUT2D eigenvalue weighted by Gasteiger charge is 2.43. The first-order valence-electron chi connectivity index (χ1n) is 30.1. The molecular formula is C65H83N9O8S2. The molecule has 2 saturated heterocycles. The number of hydrogen-bond donors (Lipinski definition) is 4. The number of nitrogens with zero attached hydrogens (tertiary/aromatic N) is 5. The van der Waals surface area contributed by atoms with Crippen LogP contribution in [0.5, 0.6) is 11.5 Å². The smallest absolute Gasteiger partial charge is 0.257 e. The van der Waals surface area contributed by atoms with Crippen molar-refractivity contribution >= 4 is 63.5 Å². The van der Waals surface area contributed by atoms with Gasteiger partial charge in [-0.2, -0.15) is 0 Å². The van der Waals surface area contributed by atoms with E-state index < -0.39 is 23.5 Å². The molecule has 5 amide bonds. The SMILES string of the molecule is CN[C@@H](C)C(=O)N[C@H](C(=O)N1Cc2cc(OC3CCCCC(N4CCN(c5ccc(C(=O)Nc6ncc(Sc7cc(C(=O)N8CCOCC8)c(OC)cc7C)s6)cc5)CC4)CC3)ccc2C[C@H]1C(=O)N[C@@H]1CCCc2ccccc21)C(C)(C)C. The molecule has 3 fully saturated rings. The Morgan fingerprint density at radius 3 is 2.35 bits per heavy atom. The van der Waals surface area contributed by atoms with Gasteiger partial charge in [-0.05, 0) is 154 Å². The van der Waals surface area contributed by atoms with E-state index in [1.807, 2.05) is 82.3 Å². The summed E-state index contributed by atoms with van der Waals surface area (Å²) >= 11 is 2.90. The molecule has 10 rings (SSSR count). The van der Waals surface area contributed by atoms with Gasteiger partial charge in [0.1, 0.15) is 23.6 Å². The van der Waals surface area contributed by atoms with Crippen LogP contribution in [-0.4, -0.2) is 146 Å². The minimum Gasteiger partial charge on any atom is -0.496 e. The Hall–Kier alpha value is -6.51. The Balaban J connectivity index is 0.730. The molecule has 4 N–H and O–H groups in total. The van der Waals surface area contributed by atoms with E-state index in [2.05, 4.69) is 60.3 Å². The minimum atomic E-state index is -0.864. The van der Waals surface area contributed by atoms with Crippen molar-refractivity contribution in [3.63, 3.8) is 0 Å². The number of rotatable bonds is 16. The zero-order valence-electron chi connectivity index (χ0n) is 49.8. The Labute approximate surface area is 503 Å². The molecule has 2 unspecified atom stereocenters. The second kappa shape index (κ2) is 27.2. The third-order valence-corrected chi connectivity index (χ3v) is 19.7. The van der Waals surface area contributed by atoms with Gasteiger partial charge in [-0.1, -0.05) is 80.6 Å². The van der Waals surface area contributed by atoms with Gasteiger partial charge in [-0.3, -0.25) is 34.2 Å². The maximum absolute atomic E-state index is 15.0. The number of aromatic nitrogens is 1. The first kappa shape index (κ1) is 60.6. The molecular weight excluding hydrogens is 1100 g/mol. The number of piperazine rings is 1. The average molecular weight is 1180 g/mol. The van der Waals surface area contributed by atoms with Crippen molar-refractivity contribution in [1.29, 1.82) is 0 Å². The first-order valence-corrected chi connectivity index (χ1v) is 31.7. The van der Waals surface area contributed by atoms with E-state index in [-0.39, 0.29) is 48.2 Å². The van der Waals surface area contributed by atoms with Gasteiger partial charge in [0.2, 0.25) is 17.7 Å². The highest BCUT2D eigenvalue weighted by atomic mass is 32.2. The molecule has 0 bridgehead atoms. The molecule has 1 saturated carbocycles. The number of morpholine rings is 1. The Morgan fingerprint density at radius 1 is 0.833 bits per heavy atom. The lowest BCUT2D eigenvalue weighted by atomic mass is 9.83. The fourth-order valence-corrected chi connectivity index (χ4v) is 14.4. The average Bonchev–Trinajstić information content (AvgIpc) is 3.45. The van der Waals surface area contributed by atoms with Crippen molar-refractivity contribution in [2.24, 2.45) is 5.41 Å². The lowest BCUT2D eigenvalue weighted by molar-refractivity contribution is -0.147. The van der Waals surface area contributed by atoms with Crippen molar-refractivity contribution in [3.8, 4) is 11.5 Å². The van der Waals surface area contributed by atoms with Crippen molar-refractivity contribution < 1.29 is 38.2 Å². The van der Waals surface area contributed by atoms with Crippen molar-refractivity contribution in [2.75, 3.05) is 76.9 Å².